The van der Waals surface area contributed by atoms with Crippen LogP contribution in [0.2, 0.25) is 0 Å². The van der Waals surface area contributed by atoms with Gasteiger partial charge in [0, 0.05) is 12.2 Å². The summed E-state index contributed by atoms with van der Waals surface area (Å²) in [6.45, 7) is -0.622. The molecule has 2 aromatic carbocycles. The van der Waals surface area contributed by atoms with Crippen LogP contribution in [0.5, 0.6) is 0 Å². The molecule has 1 heterocycles. The highest BCUT2D eigenvalue weighted by atomic mass is 32.2. The second kappa shape index (κ2) is 8.21. The Morgan fingerprint density at radius 2 is 1.86 bits per heavy atom. The number of para-hydroxylation sites is 1. The number of nitrogens with zero attached hydrogens (tertiary/aromatic N) is 2. The van der Waals surface area contributed by atoms with Gasteiger partial charge in [-0.25, -0.2) is 8.42 Å². The number of amides is 1. The molecule has 0 bridgehead atoms. The fraction of sp³-hybridized carbons (Fsp3) is 0.211. The molecular weight excluding hydrogens is 382 g/mol. The normalized spacial score (nSPS) is 12.9. The van der Waals surface area contributed by atoms with Crippen molar-refractivity contribution in [1.82, 2.24) is 4.72 Å². The van der Waals surface area contributed by atoms with Crippen LogP contribution in [-0.2, 0) is 30.8 Å². The number of hydrogen-bond donors (Lipinski definition) is 1. The molecule has 0 saturated carbocycles. The minimum absolute atomic E-state index is 0.0359. The molecule has 1 aliphatic rings. The van der Waals surface area contributed by atoms with Gasteiger partial charge >= 0.3 is 5.97 Å². The van der Waals surface area contributed by atoms with Gasteiger partial charge in [-0.15, -0.1) is 0 Å². The van der Waals surface area contributed by atoms with Gasteiger partial charge in [-0.2, -0.15) is 9.98 Å². The molecule has 0 spiro atoms. The quantitative estimate of drug-likeness (QED) is 0.724. The van der Waals surface area contributed by atoms with Crippen LogP contribution < -0.4 is 9.62 Å². The summed E-state index contributed by atoms with van der Waals surface area (Å²) >= 11 is 0. The fourth-order valence-corrected chi connectivity index (χ4v) is 4.02. The molecule has 0 aliphatic carbocycles. The molecule has 0 radical (unpaired) electrons. The maximum atomic E-state index is 12.3. The number of fused-ring (bicyclic) bond motifs is 1. The molecular formula is C19H17N3O5S. The number of esters is 1. The molecule has 0 saturated heterocycles. The number of ether oxygens (including phenoxy) is 1. The minimum Gasteiger partial charge on any atom is -0.455 e. The maximum absolute atomic E-state index is 12.3. The third-order valence-electron chi connectivity index (χ3n) is 4.25. The summed E-state index contributed by atoms with van der Waals surface area (Å²) in [5.74, 6) is -1.27. The lowest BCUT2D eigenvalue weighted by atomic mass is 10.2. The maximum Gasteiger partial charge on any atom is 0.321 e. The number of rotatable bonds is 6. The molecule has 0 atom stereocenters. The molecule has 8 nitrogen and oxygen atoms in total. The second-order valence-electron chi connectivity index (χ2n) is 6.02. The van der Waals surface area contributed by atoms with Crippen LogP contribution in [0.4, 0.5) is 5.69 Å². The SMILES string of the molecule is N#Cc1ccccc1S(=O)(=O)NCC(=O)OCC(=O)N1CCc2ccccc21. The molecule has 28 heavy (non-hydrogen) atoms. The van der Waals surface area contributed by atoms with E-state index in [1.165, 1.54) is 29.2 Å². The summed E-state index contributed by atoms with van der Waals surface area (Å²) in [6, 6.07) is 14.9. The van der Waals surface area contributed by atoms with Crippen molar-refractivity contribution < 1.29 is 22.7 Å². The summed E-state index contributed by atoms with van der Waals surface area (Å²) in [4.78, 5) is 25.5. The van der Waals surface area contributed by atoms with Crippen molar-refractivity contribution in [3.63, 3.8) is 0 Å². The van der Waals surface area contributed by atoms with E-state index in [9.17, 15) is 18.0 Å². The van der Waals surface area contributed by atoms with Crippen LogP contribution in [0.3, 0.4) is 0 Å². The number of carbonyl (C=O) groups excluding carboxylic acids is 2. The average molecular weight is 399 g/mol. The third kappa shape index (κ3) is 4.19. The number of benzene rings is 2. The smallest absolute Gasteiger partial charge is 0.321 e. The predicted octanol–water partition coefficient (Wildman–Crippen LogP) is 0.969. The topological polar surface area (TPSA) is 117 Å². The zero-order chi connectivity index (χ0) is 20.1. The van der Waals surface area contributed by atoms with Crippen molar-refractivity contribution in [3.05, 3.63) is 59.7 Å². The van der Waals surface area contributed by atoms with E-state index < -0.39 is 29.1 Å². The highest BCUT2D eigenvalue weighted by molar-refractivity contribution is 7.89. The van der Waals surface area contributed by atoms with E-state index in [1.54, 1.807) is 6.07 Å². The molecule has 1 aliphatic heterocycles. The number of carbonyl (C=O) groups is 2. The number of hydrogen-bond acceptors (Lipinski definition) is 6. The van der Waals surface area contributed by atoms with E-state index in [0.717, 1.165) is 17.7 Å². The lowest BCUT2D eigenvalue weighted by molar-refractivity contribution is -0.146. The van der Waals surface area contributed by atoms with Crippen molar-refractivity contribution in [2.75, 3.05) is 24.6 Å². The molecule has 144 valence electrons. The number of nitriles is 1. The van der Waals surface area contributed by atoms with Crippen LogP contribution in [0.15, 0.2) is 53.4 Å². The second-order valence-corrected chi connectivity index (χ2v) is 7.75. The van der Waals surface area contributed by atoms with Crippen molar-refractivity contribution in [2.24, 2.45) is 0 Å². The van der Waals surface area contributed by atoms with E-state index in [0.29, 0.717) is 6.54 Å². The standard InChI is InChI=1S/C19H17N3O5S/c20-11-15-6-2-4-8-17(15)28(25,26)21-12-19(24)27-13-18(23)22-10-9-14-5-1-3-7-16(14)22/h1-8,21H,9-10,12-13H2. The van der Waals surface area contributed by atoms with Gasteiger partial charge in [0.25, 0.3) is 5.91 Å². The van der Waals surface area contributed by atoms with Crippen molar-refractivity contribution in [3.8, 4) is 6.07 Å². The van der Waals surface area contributed by atoms with E-state index in [2.05, 4.69) is 4.72 Å². The fourth-order valence-electron chi connectivity index (χ4n) is 2.89. The predicted molar refractivity (Wildman–Crippen MR) is 99.8 cm³/mol. The Labute approximate surface area is 162 Å². The summed E-state index contributed by atoms with van der Waals surface area (Å²) in [7, 11) is -4.06. The highest BCUT2D eigenvalue weighted by Gasteiger charge is 2.25. The van der Waals surface area contributed by atoms with Crippen molar-refractivity contribution >= 4 is 27.6 Å². The molecule has 0 aromatic heterocycles. The van der Waals surface area contributed by atoms with Crippen LogP contribution >= 0.6 is 0 Å². The summed E-state index contributed by atoms with van der Waals surface area (Å²) < 4.78 is 31.5. The van der Waals surface area contributed by atoms with Crippen molar-refractivity contribution in [1.29, 1.82) is 5.26 Å². The Bertz CT molecular complexity index is 1060. The first-order chi connectivity index (χ1) is 13.4. The lowest BCUT2D eigenvalue weighted by Crippen LogP contribution is -2.36. The molecule has 3 rings (SSSR count). The Kier molecular flexibility index (Phi) is 5.73. The Morgan fingerprint density at radius 3 is 2.64 bits per heavy atom. The van der Waals surface area contributed by atoms with Gasteiger partial charge in [0.2, 0.25) is 10.0 Å². The van der Waals surface area contributed by atoms with Gasteiger partial charge in [0.05, 0.1) is 10.5 Å². The van der Waals surface area contributed by atoms with Gasteiger partial charge < -0.3 is 9.64 Å². The zero-order valence-corrected chi connectivity index (χ0v) is 15.6. The highest BCUT2D eigenvalue weighted by Crippen LogP contribution is 2.27. The monoisotopic (exact) mass is 399 g/mol. The molecule has 0 fully saturated rings. The van der Waals surface area contributed by atoms with Crippen molar-refractivity contribution in [2.45, 2.75) is 11.3 Å². The molecule has 0 unspecified atom stereocenters. The van der Waals surface area contributed by atoms with E-state index in [-0.39, 0.29) is 16.4 Å². The zero-order valence-electron chi connectivity index (χ0n) is 14.8. The van der Waals surface area contributed by atoms with Crippen LogP contribution in [0.1, 0.15) is 11.1 Å². The van der Waals surface area contributed by atoms with Gasteiger partial charge in [-0.05, 0) is 30.2 Å². The minimum atomic E-state index is -4.06. The summed E-state index contributed by atoms with van der Waals surface area (Å²) in [5, 5.41) is 9.00. The van der Waals surface area contributed by atoms with Gasteiger partial charge in [-0.3, -0.25) is 9.59 Å². The third-order valence-corrected chi connectivity index (χ3v) is 5.71. The molecule has 1 amide bonds. The molecule has 2 aromatic rings. The molecule has 9 heteroatoms. The first kappa shape index (κ1) is 19.5. The van der Waals surface area contributed by atoms with Gasteiger partial charge in [-0.1, -0.05) is 30.3 Å². The Hall–Kier alpha value is -3.22. The largest absolute Gasteiger partial charge is 0.455 e. The Morgan fingerprint density at radius 1 is 1.14 bits per heavy atom. The van der Waals surface area contributed by atoms with Crippen LogP contribution in [0, 0.1) is 11.3 Å². The summed E-state index contributed by atoms with van der Waals surface area (Å²) in [5.41, 5.74) is 1.80. The van der Waals surface area contributed by atoms with E-state index in [4.69, 9.17) is 10.00 Å². The first-order valence-corrected chi connectivity index (χ1v) is 9.93. The Balaban J connectivity index is 1.54. The number of anilines is 1. The van der Waals surface area contributed by atoms with Gasteiger partial charge in [0.15, 0.2) is 6.61 Å². The molecule has 1 N–H and O–H groups in total. The number of sulfonamides is 1. The first-order valence-electron chi connectivity index (χ1n) is 8.45. The van der Waals surface area contributed by atoms with E-state index in [1.807, 2.05) is 24.3 Å². The average Bonchev–Trinajstić information content (AvgIpc) is 3.14. The van der Waals surface area contributed by atoms with Crippen LogP contribution in [0.25, 0.3) is 0 Å². The summed E-state index contributed by atoms with van der Waals surface area (Å²) in [6.07, 6.45) is 0.730. The van der Waals surface area contributed by atoms with Gasteiger partial charge in [0.1, 0.15) is 12.6 Å². The lowest BCUT2D eigenvalue weighted by Gasteiger charge is -2.17. The number of nitrogens with one attached hydrogen (secondary N) is 1. The van der Waals surface area contributed by atoms with Crippen LogP contribution in [-0.4, -0.2) is 40.0 Å². The van der Waals surface area contributed by atoms with E-state index >= 15 is 0 Å².